The van der Waals surface area contributed by atoms with Gasteiger partial charge in [0.2, 0.25) is 0 Å². The van der Waals surface area contributed by atoms with Gasteiger partial charge in [0.1, 0.15) is 5.75 Å². The molecular formula is C9H14Cl2N2O2. The Hall–Kier alpha value is -0.550. The molecule has 2 heterocycles. The average Bonchev–Trinajstić information content (AvgIpc) is 2.20. The Morgan fingerprint density at radius 3 is 2.73 bits per heavy atom. The molecule has 0 spiro atoms. The van der Waals surface area contributed by atoms with Crippen LogP contribution in [0.25, 0.3) is 0 Å². The minimum Gasteiger partial charge on any atom is -0.506 e. The van der Waals surface area contributed by atoms with Crippen LogP contribution < -0.4 is 5.32 Å². The molecule has 0 aromatic carbocycles. The molecule has 1 saturated heterocycles. The minimum atomic E-state index is 0. The molecule has 0 amide bonds. The van der Waals surface area contributed by atoms with E-state index in [1.165, 1.54) is 6.20 Å². The van der Waals surface area contributed by atoms with Gasteiger partial charge in [-0.1, -0.05) is 0 Å². The fourth-order valence-corrected chi connectivity index (χ4v) is 1.36. The molecule has 2 rings (SSSR count). The molecule has 1 aromatic heterocycles. The molecule has 6 heteroatoms. The summed E-state index contributed by atoms with van der Waals surface area (Å²) in [4.78, 5) is 4.11. The molecule has 1 aromatic rings. The maximum atomic E-state index is 9.04. The second-order valence-corrected chi connectivity index (χ2v) is 3.02. The molecule has 1 aliphatic heterocycles. The van der Waals surface area contributed by atoms with Crippen molar-refractivity contribution >= 4 is 24.8 Å². The maximum Gasteiger partial charge on any atom is 0.133 e. The molecule has 0 aliphatic carbocycles. The summed E-state index contributed by atoms with van der Waals surface area (Å²) in [5.74, 6) is 0.195. The Balaban J connectivity index is 0.000000980. The van der Waals surface area contributed by atoms with Crippen molar-refractivity contribution in [2.75, 3.05) is 19.8 Å². The van der Waals surface area contributed by atoms with Crippen LogP contribution in [-0.4, -0.2) is 29.8 Å². The minimum absolute atomic E-state index is 0. The van der Waals surface area contributed by atoms with E-state index in [0.717, 1.165) is 18.8 Å². The first-order chi connectivity index (χ1) is 6.36. The van der Waals surface area contributed by atoms with E-state index in [4.69, 9.17) is 9.84 Å². The number of nitrogens with one attached hydrogen (secondary N) is 1. The van der Waals surface area contributed by atoms with Gasteiger partial charge in [-0.15, -0.1) is 24.8 Å². The number of hydrogen-bond acceptors (Lipinski definition) is 4. The number of nitrogens with zero attached hydrogens (tertiary/aromatic N) is 1. The van der Waals surface area contributed by atoms with Crippen LogP contribution in [0.1, 0.15) is 11.7 Å². The van der Waals surface area contributed by atoms with Gasteiger partial charge in [-0.3, -0.25) is 4.98 Å². The van der Waals surface area contributed by atoms with Gasteiger partial charge < -0.3 is 15.2 Å². The molecule has 0 radical (unpaired) electrons. The van der Waals surface area contributed by atoms with Gasteiger partial charge in [0.15, 0.2) is 0 Å². The van der Waals surface area contributed by atoms with Gasteiger partial charge in [0.05, 0.1) is 31.1 Å². The molecular weight excluding hydrogens is 239 g/mol. The van der Waals surface area contributed by atoms with Crippen molar-refractivity contribution in [3.63, 3.8) is 0 Å². The van der Waals surface area contributed by atoms with Gasteiger partial charge in [0.25, 0.3) is 0 Å². The standard InChI is InChI=1S/C9H12N2O2.2ClH/c12-7-1-2-8(11-5-7)9-6-13-4-3-10-9;;/h1-2,5,9-10,12H,3-4,6H2;2*1H. The predicted molar refractivity (Wildman–Crippen MR) is 62.0 cm³/mol. The van der Waals surface area contributed by atoms with Crippen molar-refractivity contribution in [1.29, 1.82) is 0 Å². The number of halogens is 2. The highest BCUT2D eigenvalue weighted by Crippen LogP contribution is 2.15. The number of morpholine rings is 1. The lowest BCUT2D eigenvalue weighted by Crippen LogP contribution is -2.34. The Bertz CT molecular complexity index is 276. The zero-order valence-electron chi connectivity index (χ0n) is 8.05. The van der Waals surface area contributed by atoms with Gasteiger partial charge >= 0.3 is 0 Å². The van der Waals surface area contributed by atoms with E-state index in [9.17, 15) is 0 Å². The Labute approximate surface area is 101 Å². The Morgan fingerprint density at radius 2 is 2.20 bits per heavy atom. The van der Waals surface area contributed by atoms with E-state index in [2.05, 4.69) is 10.3 Å². The van der Waals surface area contributed by atoms with Crippen LogP contribution in [-0.2, 0) is 4.74 Å². The summed E-state index contributed by atoms with van der Waals surface area (Å²) in [5.41, 5.74) is 0.914. The zero-order valence-corrected chi connectivity index (χ0v) is 9.68. The van der Waals surface area contributed by atoms with Crippen LogP contribution in [0.3, 0.4) is 0 Å². The number of aromatic nitrogens is 1. The summed E-state index contributed by atoms with van der Waals surface area (Å²) < 4.78 is 5.30. The summed E-state index contributed by atoms with van der Waals surface area (Å²) in [5, 5.41) is 12.3. The SMILES string of the molecule is Cl.Cl.Oc1ccc(C2COCCN2)nc1. The van der Waals surface area contributed by atoms with E-state index in [-0.39, 0.29) is 36.6 Å². The van der Waals surface area contributed by atoms with Gasteiger partial charge in [0, 0.05) is 6.54 Å². The maximum absolute atomic E-state index is 9.04. The summed E-state index contributed by atoms with van der Waals surface area (Å²) >= 11 is 0. The van der Waals surface area contributed by atoms with Crippen LogP contribution in [0.4, 0.5) is 0 Å². The molecule has 15 heavy (non-hydrogen) atoms. The molecule has 0 bridgehead atoms. The van der Waals surface area contributed by atoms with Gasteiger partial charge in [-0.05, 0) is 12.1 Å². The molecule has 1 fully saturated rings. The third-order valence-corrected chi connectivity index (χ3v) is 2.05. The highest BCUT2D eigenvalue weighted by atomic mass is 35.5. The van der Waals surface area contributed by atoms with E-state index < -0.39 is 0 Å². The second-order valence-electron chi connectivity index (χ2n) is 3.02. The first-order valence-electron chi connectivity index (χ1n) is 4.32. The highest BCUT2D eigenvalue weighted by Gasteiger charge is 2.15. The Kier molecular flexibility index (Phi) is 6.60. The molecule has 1 aliphatic rings. The topological polar surface area (TPSA) is 54.4 Å². The third kappa shape index (κ3) is 3.83. The van der Waals surface area contributed by atoms with Gasteiger partial charge in [-0.2, -0.15) is 0 Å². The lowest BCUT2D eigenvalue weighted by atomic mass is 10.2. The number of aromatic hydroxyl groups is 1. The van der Waals surface area contributed by atoms with Crippen molar-refractivity contribution in [2.45, 2.75) is 6.04 Å². The zero-order chi connectivity index (χ0) is 9.10. The van der Waals surface area contributed by atoms with Crippen LogP contribution in [0.15, 0.2) is 18.3 Å². The summed E-state index contributed by atoms with van der Waals surface area (Å²) in [6.07, 6.45) is 1.45. The van der Waals surface area contributed by atoms with Crippen molar-refractivity contribution in [3.8, 4) is 5.75 Å². The van der Waals surface area contributed by atoms with Crippen molar-refractivity contribution in [1.82, 2.24) is 10.3 Å². The summed E-state index contributed by atoms with van der Waals surface area (Å²) in [6, 6.07) is 3.61. The lowest BCUT2D eigenvalue weighted by molar-refractivity contribution is 0.0756. The van der Waals surface area contributed by atoms with E-state index in [0.29, 0.717) is 6.61 Å². The van der Waals surface area contributed by atoms with E-state index in [1.54, 1.807) is 6.07 Å². The van der Waals surface area contributed by atoms with Crippen LogP contribution >= 0.6 is 24.8 Å². The van der Waals surface area contributed by atoms with E-state index in [1.807, 2.05) is 6.07 Å². The van der Waals surface area contributed by atoms with Crippen LogP contribution in [0.2, 0.25) is 0 Å². The number of rotatable bonds is 1. The van der Waals surface area contributed by atoms with E-state index >= 15 is 0 Å². The summed E-state index contributed by atoms with van der Waals surface area (Å²) in [7, 11) is 0. The Morgan fingerprint density at radius 1 is 1.40 bits per heavy atom. The highest BCUT2D eigenvalue weighted by molar-refractivity contribution is 5.85. The second kappa shape index (κ2) is 6.85. The molecule has 86 valence electrons. The molecule has 4 nitrogen and oxygen atoms in total. The number of hydrogen-bond donors (Lipinski definition) is 2. The molecule has 1 unspecified atom stereocenters. The molecule has 2 N–H and O–H groups in total. The molecule has 1 atom stereocenters. The number of ether oxygens (including phenoxy) is 1. The normalized spacial score (nSPS) is 19.9. The van der Waals surface area contributed by atoms with Crippen molar-refractivity contribution in [3.05, 3.63) is 24.0 Å². The lowest BCUT2D eigenvalue weighted by Gasteiger charge is -2.23. The third-order valence-electron chi connectivity index (χ3n) is 2.05. The van der Waals surface area contributed by atoms with Crippen LogP contribution in [0, 0.1) is 0 Å². The quantitative estimate of drug-likeness (QED) is 0.791. The fraction of sp³-hybridized carbons (Fsp3) is 0.444. The molecule has 0 saturated carbocycles. The van der Waals surface area contributed by atoms with Crippen LogP contribution in [0.5, 0.6) is 5.75 Å². The number of pyridine rings is 1. The smallest absolute Gasteiger partial charge is 0.133 e. The largest absolute Gasteiger partial charge is 0.506 e. The first-order valence-corrected chi connectivity index (χ1v) is 4.32. The summed E-state index contributed by atoms with van der Waals surface area (Å²) in [6.45, 7) is 2.26. The van der Waals surface area contributed by atoms with Crippen molar-refractivity contribution < 1.29 is 9.84 Å². The predicted octanol–water partition coefficient (Wildman–Crippen LogP) is 1.29. The van der Waals surface area contributed by atoms with Crippen molar-refractivity contribution in [2.24, 2.45) is 0 Å². The monoisotopic (exact) mass is 252 g/mol. The average molecular weight is 253 g/mol. The van der Waals surface area contributed by atoms with Gasteiger partial charge in [-0.25, -0.2) is 0 Å². The fourth-order valence-electron chi connectivity index (χ4n) is 1.36. The first kappa shape index (κ1) is 14.5.